The molecule has 0 spiro atoms. The van der Waals surface area contributed by atoms with Crippen molar-refractivity contribution in [2.24, 2.45) is 10.7 Å². The van der Waals surface area contributed by atoms with Gasteiger partial charge in [-0.15, -0.1) is 0 Å². The molecule has 0 saturated carbocycles. The molecule has 1 fully saturated rings. The predicted octanol–water partition coefficient (Wildman–Crippen LogP) is 3.79. The minimum Gasteiger partial charge on any atom is -0.400 e. The summed E-state index contributed by atoms with van der Waals surface area (Å²) in [5.74, 6) is -0.534. The Hall–Kier alpha value is -3.57. The predicted molar refractivity (Wildman–Crippen MR) is 131 cm³/mol. The minimum absolute atomic E-state index is 0.178. The molecular formula is C25H25N5O2S. The topological polar surface area (TPSA) is 112 Å². The highest BCUT2D eigenvalue weighted by molar-refractivity contribution is 8.16. The number of nitrogens with one attached hydrogen (secondary N) is 1. The third-order valence-electron chi connectivity index (χ3n) is 5.69. The van der Waals surface area contributed by atoms with E-state index >= 15 is 0 Å². The van der Waals surface area contributed by atoms with Crippen LogP contribution in [0, 0.1) is 25.2 Å². The molecule has 2 aromatic rings. The summed E-state index contributed by atoms with van der Waals surface area (Å²) in [5.41, 5.74) is 10.7. The fraction of sp³-hybridized carbons (Fsp3) is 0.280. The quantitative estimate of drug-likeness (QED) is 0.722. The number of thioether (sulfide) groups is 1. The molecule has 7 nitrogen and oxygen atoms in total. The number of carbonyl (C=O) groups is 2. The van der Waals surface area contributed by atoms with Crippen LogP contribution in [0.3, 0.4) is 0 Å². The summed E-state index contributed by atoms with van der Waals surface area (Å²) in [4.78, 5) is 33.0. The molecule has 168 valence electrons. The van der Waals surface area contributed by atoms with Gasteiger partial charge >= 0.3 is 0 Å². The van der Waals surface area contributed by atoms with Gasteiger partial charge in [-0.05, 0) is 56.5 Å². The molecule has 3 N–H and O–H groups in total. The number of benzene rings is 2. The first-order chi connectivity index (χ1) is 15.9. The van der Waals surface area contributed by atoms with Crippen molar-refractivity contribution in [3.05, 3.63) is 70.4 Å². The zero-order chi connectivity index (χ0) is 23.5. The first kappa shape index (κ1) is 22.6. The number of rotatable bonds is 4. The summed E-state index contributed by atoms with van der Waals surface area (Å²) in [6.45, 7) is 5.33. The molecule has 1 saturated heterocycles. The maximum absolute atomic E-state index is 13.3. The molecule has 33 heavy (non-hydrogen) atoms. The van der Waals surface area contributed by atoms with Gasteiger partial charge in [0.2, 0.25) is 5.91 Å². The van der Waals surface area contributed by atoms with E-state index in [1.807, 2.05) is 32.0 Å². The van der Waals surface area contributed by atoms with E-state index in [4.69, 9.17) is 16.0 Å². The maximum atomic E-state index is 13.3. The van der Waals surface area contributed by atoms with Gasteiger partial charge in [-0.1, -0.05) is 35.5 Å². The van der Waals surface area contributed by atoms with Gasteiger partial charge < -0.3 is 16.0 Å². The smallest absolute Gasteiger partial charge is 0.258 e. The van der Waals surface area contributed by atoms with E-state index in [0.29, 0.717) is 35.0 Å². The number of aliphatic imine (C=N–C) groups is 1. The molecule has 2 aromatic carbocycles. The number of amides is 2. The van der Waals surface area contributed by atoms with Crippen molar-refractivity contribution < 1.29 is 9.59 Å². The third kappa shape index (κ3) is 4.78. The van der Waals surface area contributed by atoms with Crippen molar-refractivity contribution >= 4 is 40.0 Å². The van der Waals surface area contributed by atoms with E-state index in [9.17, 15) is 9.59 Å². The molecule has 0 aliphatic carbocycles. The Balaban J connectivity index is 1.68. The first-order valence-electron chi connectivity index (χ1n) is 10.8. The number of hydrogen-bond acceptors (Lipinski definition) is 6. The van der Waals surface area contributed by atoms with Crippen LogP contribution in [-0.4, -0.2) is 40.1 Å². The SMILES string of the molecule is Cc1ccc(N=C2S[C@@H](C(=O)Nc3cccc(C#N)c3)C(N)=C2C(=O)N2CCCC2)c(C)c1. The van der Waals surface area contributed by atoms with Gasteiger partial charge in [0.25, 0.3) is 5.91 Å². The van der Waals surface area contributed by atoms with Crippen LogP contribution < -0.4 is 11.1 Å². The van der Waals surface area contributed by atoms with E-state index in [-0.39, 0.29) is 17.5 Å². The van der Waals surface area contributed by atoms with Crippen LogP contribution in [-0.2, 0) is 9.59 Å². The highest BCUT2D eigenvalue weighted by atomic mass is 32.2. The molecule has 0 aromatic heterocycles. The van der Waals surface area contributed by atoms with Crippen LogP contribution in [0.1, 0.15) is 29.5 Å². The largest absolute Gasteiger partial charge is 0.400 e. The van der Waals surface area contributed by atoms with Gasteiger partial charge in [0.1, 0.15) is 10.3 Å². The normalized spacial score (nSPS) is 19.1. The van der Waals surface area contributed by atoms with Gasteiger partial charge in [0.15, 0.2) is 0 Å². The lowest BCUT2D eigenvalue weighted by atomic mass is 10.1. The number of aryl methyl sites for hydroxylation is 2. The number of nitrogens with two attached hydrogens (primary N) is 1. The van der Waals surface area contributed by atoms with Crippen molar-refractivity contribution in [3.63, 3.8) is 0 Å². The lowest BCUT2D eigenvalue weighted by Crippen LogP contribution is -2.33. The summed E-state index contributed by atoms with van der Waals surface area (Å²) in [6.07, 6.45) is 1.91. The fourth-order valence-corrected chi connectivity index (χ4v) is 5.08. The molecule has 2 aliphatic heterocycles. The van der Waals surface area contributed by atoms with Crippen molar-refractivity contribution in [1.82, 2.24) is 4.90 Å². The van der Waals surface area contributed by atoms with E-state index in [2.05, 4.69) is 11.4 Å². The number of carbonyl (C=O) groups excluding carboxylic acids is 2. The zero-order valence-corrected chi connectivity index (χ0v) is 19.4. The molecule has 4 rings (SSSR count). The minimum atomic E-state index is -0.790. The van der Waals surface area contributed by atoms with Crippen LogP contribution in [0.2, 0.25) is 0 Å². The zero-order valence-electron chi connectivity index (χ0n) is 18.6. The molecule has 8 heteroatoms. The average molecular weight is 460 g/mol. The number of hydrogen-bond donors (Lipinski definition) is 2. The summed E-state index contributed by atoms with van der Waals surface area (Å²) < 4.78 is 0. The number of nitrogens with zero attached hydrogens (tertiary/aromatic N) is 3. The number of anilines is 1. The first-order valence-corrected chi connectivity index (χ1v) is 11.7. The fourth-order valence-electron chi connectivity index (χ4n) is 3.97. The molecule has 0 unspecified atom stereocenters. The highest BCUT2D eigenvalue weighted by Gasteiger charge is 2.40. The Morgan fingerprint density at radius 1 is 1.18 bits per heavy atom. The van der Waals surface area contributed by atoms with Crippen LogP contribution in [0.5, 0.6) is 0 Å². The third-order valence-corrected chi connectivity index (χ3v) is 6.92. The molecule has 2 amide bonds. The summed E-state index contributed by atoms with van der Waals surface area (Å²) in [6, 6.07) is 14.6. The Labute approximate surface area is 197 Å². The second kappa shape index (κ2) is 9.51. The summed E-state index contributed by atoms with van der Waals surface area (Å²) >= 11 is 1.19. The van der Waals surface area contributed by atoms with E-state index in [0.717, 1.165) is 29.7 Å². The van der Waals surface area contributed by atoms with Gasteiger partial charge in [-0.3, -0.25) is 9.59 Å². The Kier molecular flexibility index (Phi) is 6.52. The Morgan fingerprint density at radius 3 is 2.64 bits per heavy atom. The second-order valence-electron chi connectivity index (χ2n) is 8.22. The van der Waals surface area contributed by atoms with Crippen molar-refractivity contribution in [1.29, 1.82) is 5.26 Å². The number of likely N-dealkylation sites (tertiary alicyclic amines) is 1. The summed E-state index contributed by atoms with van der Waals surface area (Å²) in [5, 5.41) is 11.6. The lowest BCUT2D eigenvalue weighted by molar-refractivity contribution is -0.125. The molecule has 0 bridgehead atoms. The Morgan fingerprint density at radius 2 is 1.94 bits per heavy atom. The highest BCUT2D eigenvalue weighted by Crippen LogP contribution is 2.37. The van der Waals surface area contributed by atoms with E-state index < -0.39 is 5.25 Å². The lowest BCUT2D eigenvalue weighted by Gasteiger charge is -2.16. The monoisotopic (exact) mass is 459 g/mol. The molecule has 2 aliphatic rings. The summed E-state index contributed by atoms with van der Waals surface area (Å²) in [7, 11) is 0. The van der Waals surface area contributed by atoms with Gasteiger partial charge in [0.05, 0.1) is 22.9 Å². The van der Waals surface area contributed by atoms with E-state index in [1.165, 1.54) is 11.8 Å². The Bertz CT molecular complexity index is 1220. The van der Waals surface area contributed by atoms with E-state index in [1.54, 1.807) is 29.2 Å². The number of nitriles is 1. The van der Waals surface area contributed by atoms with Gasteiger partial charge in [0, 0.05) is 24.5 Å². The van der Waals surface area contributed by atoms with Crippen LogP contribution in [0.4, 0.5) is 11.4 Å². The molecule has 1 atom stereocenters. The van der Waals surface area contributed by atoms with Crippen LogP contribution in [0.25, 0.3) is 0 Å². The molecule has 2 heterocycles. The van der Waals surface area contributed by atoms with Crippen molar-refractivity contribution in [3.8, 4) is 6.07 Å². The molecule has 0 radical (unpaired) electrons. The second-order valence-corrected chi connectivity index (χ2v) is 9.31. The molecular weight excluding hydrogens is 434 g/mol. The van der Waals surface area contributed by atoms with Crippen LogP contribution in [0.15, 0.2) is 58.7 Å². The standard InChI is InChI=1S/C25H25N5O2S/c1-15-8-9-19(16(2)12-15)29-24-20(25(32)30-10-3-4-11-30)21(27)22(33-24)23(31)28-18-7-5-6-17(13-18)14-26/h5-9,12-13,22H,3-4,10-11,27H2,1-2H3,(H,28,31)/t22-/m1/s1. The maximum Gasteiger partial charge on any atom is 0.258 e. The van der Waals surface area contributed by atoms with Crippen LogP contribution >= 0.6 is 11.8 Å². The van der Waals surface area contributed by atoms with Gasteiger partial charge in [-0.25, -0.2) is 4.99 Å². The van der Waals surface area contributed by atoms with Crippen molar-refractivity contribution in [2.75, 3.05) is 18.4 Å². The van der Waals surface area contributed by atoms with Gasteiger partial charge in [-0.2, -0.15) is 5.26 Å². The average Bonchev–Trinajstić information content (AvgIpc) is 3.44. The van der Waals surface area contributed by atoms with Crippen molar-refractivity contribution in [2.45, 2.75) is 31.9 Å².